The van der Waals surface area contributed by atoms with Crippen LogP contribution in [-0.2, 0) is 14.4 Å². The summed E-state index contributed by atoms with van der Waals surface area (Å²) in [4.78, 5) is 40.0. The van der Waals surface area contributed by atoms with Crippen LogP contribution in [0.25, 0.3) is 0 Å². The molecule has 3 aliphatic rings. The fraction of sp³-hybridized carbons (Fsp3) is 0.917. The number of nitrogens with one attached hydrogen (secondary N) is 3. The molecule has 6 nitrogen and oxygen atoms in total. The number of hydrogen-bond acceptors (Lipinski definition) is 3. The van der Waals surface area contributed by atoms with Gasteiger partial charge in [0.05, 0.1) is 5.92 Å². The zero-order chi connectivity index (χ0) is 31.3. The second-order valence-electron chi connectivity index (χ2n) is 17.5. The van der Waals surface area contributed by atoms with Gasteiger partial charge in [0.1, 0.15) is 0 Å². The maximum atomic E-state index is 13.6. The van der Waals surface area contributed by atoms with Crippen molar-refractivity contribution in [2.45, 2.75) is 170 Å². The van der Waals surface area contributed by atoms with Gasteiger partial charge >= 0.3 is 0 Å². The predicted molar refractivity (Wildman–Crippen MR) is 173 cm³/mol. The lowest BCUT2D eigenvalue weighted by Gasteiger charge is -2.38. The van der Waals surface area contributed by atoms with Gasteiger partial charge in [-0.25, -0.2) is 0 Å². The lowest BCUT2D eigenvalue weighted by molar-refractivity contribution is -0.134. The molecule has 0 radical (unpaired) electrons. The molecule has 3 aliphatic carbocycles. The van der Waals surface area contributed by atoms with E-state index in [0.29, 0.717) is 28.6 Å². The highest BCUT2D eigenvalue weighted by atomic mass is 16.2. The summed E-state index contributed by atoms with van der Waals surface area (Å²) in [6.45, 7) is 20.7. The van der Waals surface area contributed by atoms with Gasteiger partial charge in [0.25, 0.3) is 0 Å². The SMILES string of the molecule is CC(C)(C)C1CCC(NC(=O)CC(CC(=O)NC2CCC(C(C)(C)C)CC2)C(=O)NC2CCC(C(C)(C)C)CC2)CC1. The molecule has 0 aromatic carbocycles. The van der Waals surface area contributed by atoms with Gasteiger partial charge in [-0.3, -0.25) is 14.4 Å². The van der Waals surface area contributed by atoms with Gasteiger partial charge in [-0.2, -0.15) is 0 Å². The molecule has 6 heteroatoms. The third-order valence-corrected chi connectivity index (χ3v) is 11.2. The molecule has 3 amide bonds. The van der Waals surface area contributed by atoms with Gasteiger partial charge in [0, 0.05) is 31.0 Å². The average molecular weight is 588 g/mol. The molecule has 242 valence electrons. The predicted octanol–water partition coefficient (Wildman–Crippen LogP) is 7.55. The lowest BCUT2D eigenvalue weighted by Crippen LogP contribution is -2.46. The van der Waals surface area contributed by atoms with Crippen molar-refractivity contribution in [1.82, 2.24) is 16.0 Å². The normalized spacial score (nSPS) is 30.2. The summed E-state index contributed by atoms with van der Waals surface area (Å²) >= 11 is 0. The Hall–Kier alpha value is -1.59. The van der Waals surface area contributed by atoms with E-state index in [2.05, 4.69) is 78.3 Å². The molecule has 0 saturated heterocycles. The highest BCUT2D eigenvalue weighted by molar-refractivity contribution is 5.90. The second-order valence-corrected chi connectivity index (χ2v) is 17.5. The number of hydrogen-bond donors (Lipinski definition) is 3. The van der Waals surface area contributed by atoms with E-state index in [0.717, 1.165) is 77.0 Å². The molecular weight excluding hydrogens is 522 g/mol. The van der Waals surface area contributed by atoms with Gasteiger partial charge < -0.3 is 16.0 Å². The Kier molecular flexibility index (Phi) is 12.0. The zero-order valence-corrected chi connectivity index (χ0v) is 28.7. The van der Waals surface area contributed by atoms with E-state index in [1.807, 2.05) is 0 Å². The molecule has 3 fully saturated rings. The summed E-state index contributed by atoms with van der Waals surface area (Å²) in [7, 11) is 0. The molecule has 0 aromatic heterocycles. The molecule has 0 spiro atoms. The topological polar surface area (TPSA) is 87.3 Å². The van der Waals surface area contributed by atoms with Gasteiger partial charge in [0.15, 0.2) is 0 Å². The molecule has 42 heavy (non-hydrogen) atoms. The van der Waals surface area contributed by atoms with Crippen LogP contribution in [0, 0.1) is 39.9 Å². The highest BCUT2D eigenvalue weighted by Gasteiger charge is 2.35. The van der Waals surface area contributed by atoms with Crippen LogP contribution in [-0.4, -0.2) is 35.8 Å². The van der Waals surface area contributed by atoms with Crippen LogP contribution in [0.15, 0.2) is 0 Å². The minimum Gasteiger partial charge on any atom is -0.353 e. The summed E-state index contributed by atoms with van der Waals surface area (Å²) in [5, 5.41) is 9.71. The maximum absolute atomic E-state index is 13.6. The van der Waals surface area contributed by atoms with Crippen molar-refractivity contribution in [3.63, 3.8) is 0 Å². The van der Waals surface area contributed by atoms with Gasteiger partial charge in [-0.05, 0) is 111 Å². The van der Waals surface area contributed by atoms with Gasteiger partial charge in [0.2, 0.25) is 17.7 Å². The van der Waals surface area contributed by atoms with Crippen molar-refractivity contribution < 1.29 is 14.4 Å². The number of amides is 3. The first kappa shape index (κ1) is 34.9. The molecule has 0 aliphatic heterocycles. The molecule has 3 rings (SSSR count). The Morgan fingerprint density at radius 3 is 1.00 bits per heavy atom. The maximum Gasteiger partial charge on any atom is 0.224 e. The van der Waals surface area contributed by atoms with Crippen molar-refractivity contribution in [2.24, 2.45) is 39.9 Å². The van der Waals surface area contributed by atoms with E-state index in [1.165, 1.54) is 0 Å². The Bertz CT molecular complexity index is 835. The standard InChI is InChI=1S/C36H65N3O3/c1-34(2,3)25-10-16-28(17-11-25)37-31(40)22-24(33(42)39-30-20-14-27(15-21-30)36(7,8)9)23-32(41)38-29-18-12-26(13-19-29)35(4,5)6/h24-30H,10-23H2,1-9H3,(H,37,40)(H,38,41)(H,39,42). The second kappa shape index (κ2) is 14.5. The zero-order valence-electron chi connectivity index (χ0n) is 28.7. The van der Waals surface area contributed by atoms with Crippen molar-refractivity contribution in [2.75, 3.05) is 0 Å². The van der Waals surface area contributed by atoms with Crippen LogP contribution in [0.4, 0.5) is 0 Å². The largest absolute Gasteiger partial charge is 0.353 e. The molecule has 0 atom stereocenters. The highest BCUT2D eigenvalue weighted by Crippen LogP contribution is 2.40. The lowest BCUT2D eigenvalue weighted by atomic mass is 9.71. The summed E-state index contributed by atoms with van der Waals surface area (Å²) in [6.07, 6.45) is 12.7. The fourth-order valence-corrected chi connectivity index (χ4v) is 7.91. The van der Waals surface area contributed by atoms with E-state index >= 15 is 0 Å². The molecule has 3 N–H and O–H groups in total. The first-order chi connectivity index (χ1) is 19.4. The van der Waals surface area contributed by atoms with E-state index in [-0.39, 0.29) is 54.1 Å². The van der Waals surface area contributed by atoms with Crippen molar-refractivity contribution in [3.8, 4) is 0 Å². The summed E-state index contributed by atoms with van der Waals surface area (Å²) in [5.74, 6) is 1.07. The average Bonchev–Trinajstić information content (AvgIpc) is 2.87. The van der Waals surface area contributed by atoms with E-state index in [4.69, 9.17) is 0 Å². The van der Waals surface area contributed by atoms with Crippen molar-refractivity contribution >= 4 is 17.7 Å². The Balaban J connectivity index is 1.56. The summed E-state index contributed by atoms with van der Waals surface area (Å²) in [5.41, 5.74) is 0.874. The molecule has 0 heterocycles. The number of carbonyl (C=O) groups excluding carboxylic acids is 3. The van der Waals surface area contributed by atoms with Crippen LogP contribution < -0.4 is 16.0 Å². The van der Waals surface area contributed by atoms with E-state index in [1.54, 1.807) is 0 Å². The first-order valence-electron chi connectivity index (χ1n) is 17.3. The quantitative estimate of drug-likeness (QED) is 0.274. The van der Waals surface area contributed by atoms with Crippen LogP contribution >= 0.6 is 0 Å². The Morgan fingerprint density at radius 2 is 0.738 bits per heavy atom. The summed E-state index contributed by atoms with van der Waals surface area (Å²) < 4.78 is 0. The smallest absolute Gasteiger partial charge is 0.224 e. The fourth-order valence-electron chi connectivity index (χ4n) is 7.91. The first-order valence-corrected chi connectivity index (χ1v) is 17.3. The minimum absolute atomic E-state index is 0.0759. The third kappa shape index (κ3) is 10.8. The van der Waals surface area contributed by atoms with Gasteiger partial charge in [-0.15, -0.1) is 0 Å². The van der Waals surface area contributed by atoms with E-state index < -0.39 is 5.92 Å². The Morgan fingerprint density at radius 1 is 0.476 bits per heavy atom. The minimum atomic E-state index is -0.637. The van der Waals surface area contributed by atoms with Crippen LogP contribution in [0.1, 0.15) is 152 Å². The molecular formula is C36H65N3O3. The van der Waals surface area contributed by atoms with Crippen molar-refractivity contribution in [1.29, 1.82) is 0 Å². The summed E-state index contributed by atoms with van der Waals surface area (Å²) in [6, 6.07) is 0.462. The molecule has 0 aromatic rings. The molecule has 3 saturated carbocycles. The van der Waals surface area contributed by atoms with E-state index in [9.17, 15) is 14.4 Å². The number of rotatable bonds is 8. The van der Waals surface area contributed by atoms with Crippen LogP contribution in [0.3, 0.4) is 0 Å². The monoisotopic (exact) mass is 588 g/mol. The van der Waals surface area contributed by atoms with Crippen molar-refractivity contribution in [3.05, 3.63) is 0 Å². The van der Waals surface area contributed by atoms with Crippen LogP contribution in [0.5, 0.6) is 0 Å². The third-order valence-electron chi connectivity index (χ3n) is 11.2. The molecule has 0 unspecified atom stereocenters. The number of carbonyl (C=O) groups is 3. The van der Waals surface area contributed by atoms with Crippen LogP contribution in [0.2, 0.25) is 0 Å². The van der Waals surface area contributed by atoms with Gasteiger partial charge in [-0.1, -0.05) is 62.3 Å². The Labute approximate surface area is 258 Å². The molecule has 0 bridgehead atoms.